The van der Waals surface area contributed by atoms with Crippen molar-refractivity contribution in [3.63, 3.8) is 0 Å². The SMILES string of the molecule is C[N+]1(CC(O)c2ccccc2)CCCCC1.[I-]. The van der Waals surface area contributed by atoms with Gasteiger partial charge >= 0.3 is 0 Å². The molecule has 1 heterocycles. The Hall–Kier alpha value is -0.130. The Bertz CT molecular complexity index is 322. The molecule has 2 rings (SSSR count). The first kappa shape index (κ1) is 14.9. The lowest BCUT2D eigenvalue weighted by Crippen LogP contribution is -3.00. The summed E-state index contributed by atoms with van der Waals surface area (Å²) in [6, 6.07) is 10.0. The summed E-state index contributed by atoms with van der Waals surface area (Å²) >= 11 is 0. The van der Waals surface area contributed by atoms with Gasteiger partial charge in [-0.2, -0.15) is 0 Å². The van der Waals surface area contributed by atoms with Crippen LogP contribution >= 0.6 is 0 Å². The average molecular weight is 347 g/mol. The Labute approximate surface area is 121 Å². The van der Waals surface area contributed by atoms with Gasteiger partial charge in [-0.25, -0.2) is 0 Å². The van der Waals surface area contributed by atoms with E-state index >= 15 is 0 Å². The fourth-order valence-corrected chi connectivity index (χ4v) is 2.66. The van der Waals surface area contributed by atoms with E-state index in [2.05, 4.69) is 7.05 Å². The Morgan fingerprint density at radius 1 is 1.12 bits per heavy atom. The van der Waals surface area contributed by atoms with Crippen molar-refractivity contribution < 1.29 is 33.6 Å². The third kappa shape index (κ3) is 4.23. The number of rotatable bonds is 3. The van der Waals surface area contributed by atoms with Gasteiger partial charge in [-0.3, -0.25) is 0 Å². The molecule has 1 unspecified atom stereocenters. The topological polar surface area (TPSA) is 20.2 Å². The van der Waals surface area contributed by atoms with Crippen molar-refractivity contribution in [1.29, 1.82) is 0 Å². The van der Waals surface area contributed by atoms with Crippen LogP contribution in [0.15, 0.2) is 30.3 Å². The van der Waals surface area contributed by atoms with Crippen LogP contribution in [0.25, 0.3) is 0 Å². The lowest BCUT2D eigenvalue weighted by molar-refractivity contribution is -0.917. The highest BCUT2D eigenvalue weighted by atomic mass is 127. The third-order valence-corrected chi connectivity index (χ3v) is 3.69. The van der Waals surface area contributed by atoms with Gasteiger partial charge < -0.3 is 33.6 Å². The fourth-order valence-electron chi connectivity index (χ4n) is 2.66. The largest absolute Gasteiger partial charge is 1.00 e. The summed E-state index contributed by atoms with van der Waals surface area (Å²) < 4.78 is 1.02. The summed E-state index contributed by atoms with van der Waals surface area (Å²) in [6.45, 7) is 3.28. The van der Waals surface area contributed by atoms with Gasteiger partial charge in [-0.05, 0) is 24.8 Å². The zero-order valence-corrected chi connectivity index (χ0v) is 12.6. The van der Waals surface area contributed by atoms with Gasteiger partial charge in [0, 0.05) is 0 Å². The van der Waals surface area contributed by atoms with E-state index in [-0.39, 0.29) is 30.1 Å². The monoisotopic (exact) mass is 347 g/mol. The Morgan fingerprint density at radius 3 is 2.29 bits per heavy atom. The molecule has 0 aliphatic carbocycles. The average Bonchev–Trinajstić information content (AvgIpc) is 2.30. The third-order valence-electron chi connectivity index (χ3n) is 3.69. The number of halogens is 1. The second-order valence-electron chi connectivity index (χ2n) is 5.24. The molecule has 0 spiro atoms. The first-order chi connectivity index (χ1) is 7.70. The van der Waals surface area contributed by atoms with Gasteiger partial charge in [0.15, 0.2) is 0 Å². The molecule has 17 heavy (non-hydrogen) atoms. The normalized spacial score (nSPS) is 20.4. The van der Waals surface area contributed by atoms with Crippen LogP contribution in [-0.2, 0) is 0 Å². The molecule has 0 aromatic heterocycles. The molecule has 1 aromatic carbocycles. The predicted octanol–water partition coefficient (Wildman–Crippen LogP) is -0.645. The van der Waals surface area contributed by atoms with Gasteiger partial charge in [-0.1, -0.05) is 30.3 Å². The van der Waals surface area contributed by atoms with Crippen LogP contribution in [0, 0.1) is 0 Å². The van der Waals surface area contributed by atoms with Gasteiger partial charge in [0.25, 0.3) is 0 Å². The highest BCUT2D eigenvalue weighted by Crippen LogP contribution is 2.22. The van der Waals surface area contributed by atoms with Crippen LogP contribution in [0.2, 0.25) is 0 Å². The number of quaternary nitrogens is 1. The lowest BCUT2D eigenvalue weighted by Gasteiger charge is -2.39. The number of likely N-dealkylation sites (N-methyl/N-ethyl adjacent to an activating group) is 1. The standard InChI is InChI=1S/C14H22NO.HI/c1-15(10-6-3-7-11-15)12-14(16)13-8-4-2-5-9-13;/h2,4-5,8-9,14,16H,3,6-7,10-12H2,1H3;1H/q+1;/p-1. The molecule has 0 radical (unpaired) electrons. The van der Waals surface area contributed by atoms with E-state index in [0.717, 1.165) is 16.6 Å². The van der Waals surface area contributed by atoms with Gasteiger partial charge in [0.05, 0.1) is 20.1 Å². The summed E-state index contributed by atoms with van der Waals surface area (Å²) in [6.07, 6.45) is 3.65. The number of aliphatic hydroxyl groups excluding tert-OH is 1. The summed E-state index contributed by atoms with van der Waals surface area (Å²) in [4.78, 5) is 0. The number of nitrogens with zero attached hydrogens (tertiary/aromatic N) is 1. The smallest absolute Gasteiger partial charge is 0.128 e. The molecule has 0 saturated carbocycles. The van der Waals surface area contributed by atoms with Crippen LogP contribution in [0.3, 0.4) is 0 Å². The minimum atomic E-state index is -0.315. The molecule has 3 heteroatoms. The van der Waals surface area contributed by atoms with E-state index in [1.165, 1.54) is 32.4 Å². The molecule has 1 aliphatic rings. The first-order valence-electron chi connectivity index (χ1n) is 6.26. The zero-order chi connectivity index (χ0) is 11.4. The van der Waals surface area contributed by atoms with Gasteiger partial charge in [-0.15, -0.1) is 0 Å². The molecule has 96 valence electrons. The minimum Gasteiger partial charge on any atom is -1.00 e. The molecule has 1 N–H and O–H groups in total. The molecule has 1 saturated heterocycles. The fraction of sp³-hybridized carbons (Fsp3) is 0.571. The molecule has 1 atom stereocenters. The maximum absolute atomic E-state index is 10.2. The summed E-state index contributed by atoms with van der Waals surface area (Å²) in [5, 5.41) is 10.2. The molecule has 0 amide bonds. The molecule has 0 bridgehead atoms. The van der Waals surface area contributed by atoms with Crippen molar-refractivity contribution in [2.45, 2.75) is 25.4 Å². The van der Waals surface area contributed by atoms with Crippen molar-refractivity contribution in [3.8, 4) is 0 Å². The first-order valence-corrected chi connectivity index (χ1v) is 6.26. The van der Waals surface area contributed by atoms with E-state index in [9.17, 15) is 5.11 Å². The van der Waals surface area contributed by atoms with E-state index in [1.807, 2.05) is 30.3 Å². The van der Waals surface area contributed by atoms with Crippen molar-refractivity contribution in [3.05, 3.63) is 35.9 Å². The van der Waals surface area contributed by atoms with Gasteiger partial charge in [0.1, 0.15) is 12.6 Å². The van der Waals surface area contributed by atoms with E-state index in [0.29, 0.717) is 0 Å². The van der Waals surface area contributed by atoms with E-state index in [1.54, 1.807) is 0 Å². The Morgan fingerprint density at radius 2 is 1.71 bits per heavy atom. The molecular formula is C14H22INO. The molecule has 2 nitrogen and oxygen atoms in total. The quantitative estimate of drug-likeness (QED) is 0.570. The van der Waals surface area contributed by atoms with Crippen LogP contribution in [-0.4, -0.2) is 36.3 Å². The number of hydrogen-bond donors (Lipinski definition) is 1. The van der Waals surface area contributed by atoms with Crippen molar-refractivity contribution in [1.82, 2.24) is 0 Å². The van der Waals surface area contributed by atoms with Crippen molar-refractivity contribution in [2.24, 2.45) is 0 Å². The second-order valence-corrected chi connectivity index (χ2v) is 5.24. The summed E-state index contributed by atoms with van der Waals surface area (Å²) in [7, 11) is 2.27. The van der Waals surface area contributed by atoms with Crippen molar-refractivity contribution >= 4 is 0 Å². The maximum Gasteiger partial charge on any atom is 0.128 e. The van der Waals surface area contributed by atoms with Crippen LogP contribution < -0.4 is 24.0 Å². The molecule has 1 fully saturated rings. The minimum absolute atomic E-state index is 0. The number of hydrogen-bond acceptors (Lipinski definition) is 1. The zero-order valence-electron chi connectivity index (χ0n) is 10.5. The predicted molar refractivity (Wildman–Crippen MR) is 66.0 cm³/mol. The molecular weight excluding hydrogens is 325 g/mol. The summed E-state index contributed by atoms with van der Waals surface area (Å²) in [5.74, 6) is 0. The maximum atomic E-state index is 10.2. The highest BCUT2D eigenvalue weighted by Gasteiger charge is 2.28. The number of benzene rings is 1. The van der Waals surface area contributed by atoms with Crippen molar-refractivity contribution in [2.75, 3.05) is 26.7 Å². The number of likely N-dealkylation sites (tertiary alicyclic amines) is 1. The molecule has 1 aliphatic heterocycles. The van der Waals surface area contributed by atoms with E-state index < -0.39 is 0 Å². The summed E-state index contributed by atoms with van der Waals surface area (Å²) in [5.41, 5.74) is 1.05. The van der Waals surface area contributed by atoms with Gasteiger partial charge in [0.2, 0.25) is 0 Å². The van der Waals surface area contributed by atoms with Crippen LogP contribution in [0.5, 0.6) is 0 Å². The second kappa shape index (κ2) is 6.71. The van der Waals surface area contributed by atoms with E-state index in [4.69, 9.17) is 0 Å². The number of aliphatic hydroxyl groups is 1. The van der Waals surface area contributed by atoms with Crippen LogP contribution in [0.4, 0.5) is 0 Å². The highest BCUT2D eigenvalue weighted by molar-refractivity contribution is 5.17. The van der Waals surface area contributed by atoms with Crippen LogP contribution in [0.1, 0.15) is 30.9 Å². The molecule has 1 aromatic rings. The Balaban J connectivity index is 0.00000144. The number of piperidine rings is 1. The Kier molecular flexibility index (Phi) is 5.89. The lowest BCUT2D eigenvalue weighted by atomic mass is 10.0.